The highest BCUT2D eigenvalue weighted by Crippen LogP contribution is 2.66. The molecule has 0 spiro atoms. The number of nitrogens with zero attached hydrogens (tertiary/aromatic N) is 3. The third-order valence-electron chi connectivity index (χ3n) is 3.39. The number of carbonyl (C=O) groups is 2. The van der Waals surface area contributed by atoms with Gasteiger partial charge in [-0.3, -0.25) is 9.59 Å². The molecule has 0 heterocycles. The van der Waals surface area contributed by atoms with Crippen LogP contribution in [-0.2, 0) is 19.1 Å². The Morgan fingerprint density at radius 1 is 1.22 bits per heavy atom. The van der Waals surface area contributed by atoms with Gasteiger partial charge in [0.25, 0.3) is 0 Å². The number of carbonyl (C=O) groups excluding carboxylic acids is 2. The first kappa shape index (κ1) is 14.3. The molecule has 0 bridgehead atoms. The van der Waals surface area contributed by atoms with Crippen LogP contribution in [0.5, 0.6) is 0 Å². The van der Waals surface area contributed by atoms with Crippen LogP contribution in [0.2, 0.25) is 0 Å². The molecule has 1 atom stereocenters. The Morgan fingerprint density at radius 3 is 2.00 bits per heavy atom. The molecular weight excluding hydrogens is 238 g/mol. The van der Waals surface area contributed by atoms with Crippen molar-refractivity contribution in [3.05, 3.63) is 10.4 Å². The molecule has 0 amide bonds. The van der Waals surface area contributed by atoms with E-state index in [4.69, 9.17) is 15.0 Å². The van der Waals surface area contributed by atoms with Crippen LogP contribution in [-0.4, -0.2) is 31.2 Å². The number of hydrogen-bond acceptors (Lipinski definition) is 5. The number of esters is 2. The van der Waals surface area contributed by atoms with Crippen LogP contribution in [0.25, 0.3) is 10.4 Å². The summed E-state index contributed by atoms with van der Waals surface area (Å²) in [5.41, 5.74) is 6.22. The van der Waals surface area contributed by atoms with Crippen molar-refractivity contribution in [1.29, 1.82) is 0 Å². The Bertz CT molecular complexity index is 395. The van der Waals surface area contributed by atoms with Gasteiger partial charge in [-0.2, -0.15) is 0 Å². The highest BCUT2D eigenvalue weighted by atomic mass is 16.6. The number of rotatable bonds is 5. The third-order valence-corrected chi connectivity index (χ3v) is 3.39. The second-order valence-electron chi connectivity index (χ2n) is 4.58. The van der Waals surface area contributed by atoms with Crippen LogP contribution < -0.4 is 0 Å². The molecule has 0 radical (unpaired) electrons. The van der Waals surface area contributed by atoms with Gasteiger partial charge in [0, 0.05) is 10.3 Å². The zero-order valence-electron chi connectivity index (χ0n) is 11.0. The standard InChI is InChI=1S/C11H17N3O4/c1-5-17-8(15)11(9(16)18-6-2)7(13-14-12)10(11,3)4/h7H,5-6H2,1-4H3. The Kier molecular flexibility index (Phi) is 3.86. The van der Waals surface area contributed by atoms with Gasteiger partial charge < -0.3 is 9.47 Å². The summed E-state index contributed by atoms with van der Waals surface area (Å²) in [4.78, 5) is 26.8. The lowest BCUT2D eigenvalue weighted by molar-refractivity contribution is -0.166. The van der Waals surface area contributed by atoms with Crippen molar-refractivity contribution >= 4 is 11.9 Å². The molecule has 1 aliphatic rings. The second-order valence-corrected chi connectivity index (χ2v) is 4.58. The maximum atomic E-state index is 12.0. The number of ether oxygens (including phenoxy) is 2. The molecule has 1 saturated carbocycles. The number of hydrogen-bond donors (Lipinski definition) is 0. The van der Waals surface area contributed by atoms with Gasteiger partial charge in [-0.25, -0.2) is 0 Å². The van der Waals surface area contributed by atoms with Gasteiger partial charge in [0.1, 0.15) is 0 Å². The molecule has 1 rings (SSSR count). The molecule has 100 valence electrons. The summed E-state index contributed by atoms with van der Waals surface area (Å²) in [5.74, 6) is -1.38. The van der Waals surface area contributed by atoms with E-state index in [0.717, 1.165) is 0 Å². The molecule has 0 saturated heterocycles. The normalized spacial score (nSPS) is 22.6. The van der Waals surface area contributed by atoms with Crippen molar-refractivity contribution < 1.29 is 19.1 Å². The van der Waals surface area contributed by atoms with E-state index in [1.165, 1.54) is 0 Å². The summed E-state index contributed by atoms with van der Waals surface area (Å²) in [6.45, 7) is 6.96. The maximum Gasteiger partial charge on any atom is 0.324 e. The van der Waals surface area contributed by atoms with E-state index in [0.29, 0.717) is 0 Å². The zero-order valence-corrected chi connectivity index (χ0v) is 11.0. The third kappa shape index (κ3) is 1.71. The molecule has 1 unspecified atom stereocenters. The molecule has 0 aromatic carbocycles. The monoisotopic (exact) mass is 255 g/mol. The van der Waals surface area contributed by atoms with Crippen LogP contribution in [0, 0.1) is 10.8 Å². The first-order valence-electron chi connectivity index (χ1n) is 5.79. The fraction of sp³-hybridized carbons (Fsp3) is 0.818. The Labute approximate surface area is 105 Å². The van der Waals surface area contributed by atoms with Crippen molar-refractivity contribution in [1.82, 2.24) is 0 Å². The Morgan fingerprint density at radius 2 is 1.67 bits per heavy atom. The zero-order chi connectivity index (χ0) is 14.0. The largest absolute Gasteiger partial charge is 0.465 e. The van der Waals surface area contributed by atoms with Gasteiger partial charge in [-0.1, -0.05) is 19.0 Å². The minimum atomic E-state index is -1.51. The first-order chi connectivity index (χ1) is 8.41. The topological polar surface area (TPSA) is 101 Å². The van der Waals surface area contributed by atoms with E-state index < -0.39 is 28.8 Å². The minimum absolute atomic E-state index is 0.152. The van der Waals surface area contributed by atoms with Crippen LogP contribution in [0.4, 0.5) is 0 Å². The molecule has 18 heavy (non-hydrogen) atoms. The van der Waals surface area contributed by atoms with Crippen molar-refractivity contribution in [2.45, 2.75) is 33.7 Å². The smallest absolute Gasteiger partial charge is 0.324 e. The quantitative estimate of drug-likeness (QED) is 0.246. The molecule has 0 aliphatic heterocycles. The fourth-order valence-electron chi connectivity index (χ4n) is 2.34. The highest BCUT2D eigenvalue weighted by molar-refractivity contribution is 6.06. The van der Waals surface area contributed by atoms with Gasteiger partial charge in [0.15, 0.2) is 5.41 Å². The van der Waals surface area contributed by atoms with Gasteiger partial charge >= 0.3 is 11.9 Å². The van der Waals surface area contributed by atoms with Gasteiger partial charge in [-0.15, -0.1) is 0 Å². The van der Waals surface area contributed by atoms with Crippen molar-refractivity contribution in [3.63, 3.8) is 0 Å². The Balaban J connectivity index is 3.17. The lowest BCUT2D eigenvalue weighted by Gasteiger charge is -2.16. The van der Waals surface area contributed by atoms with Crippen LogP contribution >= 0.6 is 0 Å². The molecule has 0 aromatic heterocycles. The molecule has 7 nitrogen and oxygen atoms in total. The summed E-state index contributed by atoms with van der Waals surface area (Å²) in [7, 11) is 0. The summed E-state index contributed by atoms with van der Waals surface area (Å²) in [5, 5.41) is 3.53. The van der Waals surface area contributed by atoms with Crippen molar-refractivity contribution in [3.8, 4) is 0 Å². The number of azide groups is 1. The van der Waals surface area contributed by atoms with E-state index in [-0.39, 0.29) is 13.2 Å². The fourth-order valence-corrected chi connectivity index (χ4v) is 2.34. The van der Waals surface area contributed by atoms with Crippen molar-refractivity contribution in [2.24, 2.45) is 15.9 Å². The molecule has 7 heteroatoms. The van der Waals surface area contributed by atoms with Gasteiger partial charge in [0.2, 0.25) is 0 Å². The summed E-state index contributed by atoms with van der Waals surface area (Å²) < 4.78 is 9.85. The predicted molar refractivity (Wildman–Crippen MR) is 62.4 cm³/mol. The summed E-state index contributed by atoms with van der Waals surface area (Å²) in [6, 6.07) is -0.770. The summed E-state index contributed by atoms with van der Waals surface area (Å²) in [6.07, 6.45) is 0. The van der Waals surface area contributed by atoms with Crippen LogP contribution in [0.3, 0.4) is 0 Å². The van der Waals surface area contributed by atoms with Gasteiger partial charge in [-0.05, 0) is 19.4 Å². The van der Waals surface area contributed by atoms with Gasteiger partial charge in [0.05, 0.1) is 19.3 Å². The second kappa shape index (κ2) is 4.86. The molecule has 0 N–H and O–H groups in total. The average Bonchev–Trinajstić information content (AvgIpc) is 2.78. The summed E-state index contributed by atoms with van der Waals surface area (Å²) >= 11 is 0. The minimum Gasteiger partial charge on any atom is -0.465 e. The van der Waals surface area contributed by atoms with Crippen LogP contribution in [0.15, 0.2) is 5.11 Å². The van der Waals surface area contributed by atoms with E-state index in [1.54, 1.807) is 27.7 Å². The van der Waals surface area contributed by atoms with E-state index >= 15 is 0 Å². The molecule has 1 aliphatic carbocycles. The van der Waals surface area contributed by atoms with E-state index in [2.05, 4.69) is 10.0 Å². The van der Waals surface area contributed by atoms with E-state index in [9.17, 15) is 9.59 Å². The molecule has 1 fully saturated rings. The van der Waals surface area contributed by atoms with Crippen LogP contribution in [0.1, 0.15) is 27.7 Å². The lowest BCUT2D eigenvalue weighted by Crippen LogP contribution is -2.35. The predicted octanol–water partition coefficient (Wildman–Crippen LogP) is 1.82. The average molecular weight is 255 g/mol. The SMILES string of the molecule is CCOC(=O)C1(C(=O)OCC)C(N=[N+]=[N-])C1(C)C. The highest BCUT2D eigenvalue weighted by Gasteiger charge is 2.82. The lowest BCUT2D eigenvalue weighted by atomic mass is 9.96. The molecular formula is C11H17N3O4. The molecule has 0 aromatic rings. The van der Waals surface area contributed by atoms with Crippen molar-refractivity contribution in [2.75, 3.05) is 13.2 Å². The first-order valence-corrected chi connectivity index (χ1v) is 5.79. The van der Waals surface area contributed by atoms with E-state index in [1.807, 2.05) is 0 Å². The maximum absolute atomic E-state index is 12.0. The Hall–Kier alpha value is -1.75.